The Morgan fingerprint density at radius 1 is 1.32 bits per heavy atom. The molecule has 2 N–H and O–H groups in total. The van der Waals surface area contributed by atoms with Gasteiger partial charge in [-0.25, -0.2) is 14.4 Å². The highest BCUT2D eigenvalue weighted by atomic mass is 32.1. The molecule has 2 heterocycles. The molecule has 0 bridgehead atoms. The van der Waals surface area contributed by atoms with E-state index in [2.05, 4.69) is 18.8 Å². The van der Waals surface area contributed by atoms with E-state index in [1.165, 1.54) is 23.5 Å². The van der Waals surface area contributed by atoms with Crippen molar-refractivity contribution < 1.29 is 9.18 Å². The number of nitrogens with zero attached hydrogens (tertiary/aromatic N) is 2. The number of aromatic nitrogens is 2. The van der Waals surface area contributed by atoms with Crippen LogP contribution in [0.5, 0.6) is 0 Å². The van der Waals surface area contributed by atoms with Gasteiger partial charge in [-0.1, -0.05) is 19.9 Å². The van der Waals surface area contributed by atoms with Crippen molar-refractivity contribution in [1.29, 1.82) is 0 Å². The summed E-state index contributed by atoms with van der Waals surface area (Å²) in [6.07, 6.45) is 4.45. The van der Waals surface area contributed by atoms with Crippen molar-refractivity contribution in [3.63, 3.8) is 0 Å². The van der Waals surface area contributed by atoms with Gasteiger partial charge in [0.25, 0.3) is 0 Å². The van der Waals surface area contributed by atoms with E-state index >= 15 is 0 Å². The first kappa shape index (κ1) is 18.9. The van der Waals surface area contributed by atoms with Crippen LogP contribution >= 0.6 is 11.3 Å². The van der Waals surface area contributed by atoms with Crippen LogP contribution in [-0.4, -0.2) is 16.3 Å². The van der Waals surface area contributed by atoms with Crippen LogP contribution in [-0.2, 0) is 17.8 Å². The van der Waals surface area contributed by atoms with Gasteiger partial charge in [-0.05, 0) is 59.2 Å². The van der Waals surface area contributed by atoms with Gasteiger partial charge in [0.15, 0.2) is 0 Å². The van der Waals surface area contributed by atoms with Gasteiger partial charge in [-0.2, -0.15) is 0 Å². The van der Waals surface area contributed by atoms with Crippen molar-refractivity contribution in [3.8, 4) is 21.1 Å². The van der Waals surface area contributed by atoms with Crippen LogP contribution in [0.3, 0.4) is 0 Å². The molecule has 0 aliphatic heterocycles. The first-order chi connectivity index (χ1) is 13.4. The molecule has 1 aliphatic rings. The Hall–Kier alpha value is -2.44. The zero-order valence-electron chi connectivity index (χ0n) is 15.9. The fraction of sp³-hybridized carbons (Fsp3) is 0.318. The van der Waals surface area contributed by atoms with Crippen LogP contribution in [0.25, 0.3) is 21.1 Å². The third kappa shape index (κ3) is 3.62. The number of thiazole rings is 1. The van der Waals surface area contributed by atoms with E-state index in [1.54, 1.807) is 6.20 Å². The van der Waals surface area contributed by atoms with Gasteiger partial charge >= 0.3 is 0 Å². The summed E-state index contributed by atoms with van der Waals surface area (Å²) in [6.45, 7) is 4.62. The van der Waals surface area contributed by atoms with Gasteiger partial charge < -0.3 is 10.5 Å². The van der Waals surface area contributed by atoms with Crippen LogP contribution in [0.4, 0.5) is 4.39 Å². The summed E-state index contributed by atoms with van der Waals surface area (Å²) in [5, 5.41) is 0.780. The number of halogens is 1. The van der Waals surface area contributed by atoms with Crippen molar-refractivity contribution >= 4 is 17.6 Å². The Kier molecular flexibility index (Phi) is 4.85. The molecule has 28 heavy (non-hydrogen) atoms. The molecule has 144 valence electrons. The first-order valence-corrected chi connectivity index (χ1v) is 10.1. The molecule has 1 unspecified atom stereocenters. The third-order valence-electron chi connectivity index (χ3n) is 5.19. The zero-order chi connectivity index (χ0) is 19.9. The number of carbonyl (C=O) groups excluding carboxylic acids is 1. The monoisotopic (exact) mass is 395 g/mol. The van der Waals surface area contributed by atoms with Gasteiger partial charge in [-0.15, -0.1) is 11.3 Å². The molecule has 1 atom stereocenters. The van der Waals surface area contributed by atoms with Crippen LogP contribution < -0.4 is 5.73 Å². The maximum absolute atomic E-state index is 13.8. The molecule has 0 radical (unpaired) electrons. The lowest BCUT2D eigenvalue weighted by molar-refractivity contribution is -0.109. The lowest BCUT2D eigenvalue weighted by Crippen LogP contribution is -2.27. The number of benzene rings is 1. The fourth-order valence-electron chi connectivity index (χ4n) is 3.90. The summed E-state index contributed by atoms with van der Waals surface area (Å²) >= 11 is 1.47. The highest BCUT2D eigenvalue weighted by Gasteiger charge is 2.33. The summed E-state index contributed by atoms with van der Waals surface area (Å²) in [5.74, 6) is -0.406. The Morgan fingerprint density at radius 3 is 2.89 bits per heavy atom. The van der Waals surface area contributed by atoms with Crippen LogP contribution in [0.2, 0.25) is 0 Å². The lowest BCUT2D eigenvalue weighted by atomic mass is 9.71. The van der Waals surface area contributed by atoms with Crippen molar-refractivity contribution in [2.45, 2.75) is 39.2 Å². The quantitative estimate of drug-likeness (QED) is 0.649. The predicted molar refractivity (Wildman–Crippen MR) is 110 cm³/mol. The molecule has 1 aromatic carbocycles. The molecule has 0 fully saturated rings. The molecule has 0 amide bonds. The molecule has 3 aromatic rings. The van der Waals surface area contributed by atoms with Crippen molar-refractivity contribution in [1.82, 2.24) is 9.97 Å². The van der Waals surface area contributed by atoms with Crippen molar-refractivity contribution in [2.24, 2.45) is 11.1 Å². The topological polar surface area (TPSA) is 68.9 Å². The minimum atomic E-state index is -0.304. The maximum atomic E-state index is 13.8. The third-order valence-corrected chi connectivity index (χ3v) is 6.26. The fourth-order valence-corrected chi connectivity index (χ4v) is 4.77. The van der Waals surface area contributed by atoms with E-state index < -0.39 is 0 Å². The summed E-state index contributed by atoms with van der Waals surface area (Å²) in [4.78, 5) is 21.7. The second-order valence-corrected chi connectivity index (χ2v) is 9.13. The smallest absolute Gasteiger partial charge is 0.142 e. The van der Waals surface area contributed by atoms with E-state index in [0.717, 1.165) is 57.1 Å². The second-order valence-electron chi connectivity index (χ2n) is 8.10. The Morgan fingerprint density at radius 2 is 2.14 bits per heavy atom. The molecule has 2 aromatic heterocycles. The largest absolute Gasteiger partial charge is 0.326 e. The zero-order valence-corrected chi connectivity index (χ0v) is 16.7. The average molecular weight is 396 g/mol. The molecular weight excluding hydrogens is 373 g/mol. The number of carbonyl (C=O) groups is 1. The highest BCUT2D eigenvalue weighted by molar-refractivity contribution is 7.18. The van der Waals surface area contributed by atoms with Gasteiger partial charge in [0.05, 0.1) is 10.6 Å². The standard InChI is InChI=1S/C22H22FN3OS/c1-22(2)8-15(12-27)17-3-4-18(26-19(17)9-22)21-25-11-20(28-21)14-5-13(10-24)6-16(23)7-14/h3-7,11-12,15H,8-10,24H2,1-2H3. The normalized spacial score (nSPS) is 17.9. The second kappa shape index (κ2) is 7.18. The number of hydrogen-bond donors (Lipinski definition) is 1. The summed E-state index contributed by atoms with van der Waals surface area (Å²) in [6, 6.07) is 8.75. The van der Waals surface area contributed by atoms with Crippen molar-refractivity contribution in [2.75, 3.05) is 0 Å². The van der Waals surface area contributed by atoms with E-state index in [9.17, 15) is 9.18 Å². The summed E-state index contributed by atoms with van der Waals surface area (Å²) in [5.41, 5.74) is 9.99. The predicted octanol–water partition coefficient (Wildman–Crippen LogP) is 4.72. The lowest BCUT2D eigenvalue weighted by Gasteiger charge is -2.34. The molecule has 0 saturated heterocycles. The number of pyridine rings is 1. The molecule has 0 spiro atoms. The van der Waals surface area contributed by atoms with E-state index in [-0.39, 0.29) is 23.7 Å². The summed E-state index contributed by atoms with van der Waals surface area (Å²) < 4.78 is 13.8. The molecule has 0 saturated carbocycles. The number of rotatable bonds is 4. The minimum Gasteiger partial charge on any atom is -0.326 e. The number of aldehydes is 1. The first-order valence-electron chi connectivity index (χ1n) is 9.30. The molecule has 6 heteroatoms. The average Bonchev–Trinajstić information content (AvgIpc) is 3.15. The van der Waals surface area contributed by atoms with Crippen LogP contribution in [0.15, 0.2) is 36.5 Å². The number of hydrogen-bond acceptors (Lipinski definition) is 5. The highest BCUT2D eigenvalue weighted by Crippen LogP contribution is 2.41. The van der Waals surface area contributed by atoms with Crippen molar-refractivity contribution in [3.05, 3.63) is 59.2 Å². The van der Waals surface area contributed by atoms with E-state index in [1.807, 2.05) is 18.2 Å². The molecule has 1 aliphatic carbocycles. The molecular formula is C22H22FN3OS. The minimum absolute atomic E-state index is 0.0401. The SMILES string of the molecule is CC1(C)Cc2nc(-c3ncc(-c4cc(F)cc(CN)c4)s3)ccc2C(C=O)C1. The molecule has 4 rings (SSSR count). The van der Waals surface area contributed by atoms with E-state index in [4.69, 9.17) is 10.7 Å². The van der Waals surface area contributed by atoms with Gasteiger partial charge in [0, 0.05) is 24.4 Å². The Bertz CT molecular complexity index is 1040. The Labute approximate surface area is 167 Å². The maximum Gasteiger partial charge on any atom is 0.142 e. The van der Waals surface area contributed by atoms with Gasteiger partial charge in [0.2, 0.25) is 0 Å². The van der Waals surface area contributed by atoms with Gasteiger partial charge in [-0.3, -0.25) is 0 Å². The summed E-state index contributed by atoms with van der Waals surface area (Å²) in [7, 11) is 0. The Balaban J connectivity index is 1.70. The van der Waals surface area contributed by atoms with E-state index in [0.29, 0.717) is 0 Å². The number of nitrogens with two attached hydrogens (primary N) is 1. The van der Waals surface area contributed by atoms with Crippen LogP contribution in [0.1, 0.15) is 43.0 Å². The number of fused-ring (bicyclic) bond motifs is 1. The van der Waals surface area contributed by atoms with Gasteiger partial charge in [0.1, 0.15) is 17.1 Å². The molecule has 4 nitrogen and oxygen atoms in total. The van der Waals surface area contributed by atoms with Crippen LogP contribution in [0, 0.1) is 11.2 Å².